The minimum atomic E-state index is -0.280. The smallest absolute Gasteiger partial charge is 0.158 e. The molecule has 0 aliphatic rings. The van der Waals surface area contributed by atoms with E-state index in [9.17, 15) is 4.79 Å². The number of aliphatic hydroxyl groups excluding tert-OH is 1. The van der Waals surface area contributed by atoms with Crippen molar-refractivity contribution in [2.24, 2.45) is 0 Å². The standard InChI is InChI=1S/C16H32O2/c1-2-3-4-5-6-7-8-9-10-11-12-13-14-16(18)15-17/h17H,2-15H2,1H3. The second-order valence-electron chi connectivity index (χ2n) is 5.34. The van der Waals surface area contributed by atoms with Crippen LogP contribution in [-0.4, -0.2) is 17.5 Å². The van der Waals surface area contributed by atoms with E-state index in [-0.39, 0.29) is 12.4 Å². The summed E-state index contributed by atoms with van der Waals surface area (Å²) in [5.41, 5.74) is 0. The third-order valence-electron chi connectivity index (χ3n) is 3.49. The van der Waals surface area contributed by atoms with Gasteiger partial charge in [-0.25, -0.2) is 0 Å². The lowest BCUT2D eigenvalue weighted by atomic mass is 10.0. The van der Waals surface area contributed by atoms with Crippen LogP contribution in [0.4, 0.5) is 0 Å². The molecule has 0 unspecified atom stereocenters. The summed E-state index contributed by atoms with van der Waals surface area (Å²) in [5, 5.41) is 8.56. The Labute approximate surface area is 113 Å². The van der Waals surface area contributed by atoms with Gasteiger partial charge in [-0.15, -0.1) is 0 Å². The molecule has 0 aromatic carbocycles. The van der Waals surface area contributed by atoms with Crippen LogP contribution in [0, 0.1) is 0 Å². The van der Waals surface area contributed by atoms with Gasteiger partial charge in [0.1, 0.15) is 6.61 Å². The Morgan fingerprint density at radius 3 is 1.50 bits per heavy atom. The summed E-state index contributed by atoms with van der Waals surface area (Å²) in [7, 11) is 0. The van der Waals surface area contributed by atoms with E-state index in [1.807, 2.05) is 0 Å². The molecule has 0 bridgehead atoms. The third kappa shape index (κ3) is 13.7. The summed E-state index contributed by atoms with van der Waals surface area (Å²) in [6, 6.07) is 0. The lowest BCUT2D eigenvalue weighted by Gasteiger charge is -2.02. The first-order valence-electron chi connectivity index (χ1n) is 7.93. The molecule has 0 atom stereocenters. The Morgan fingerprint density at radius 2 is 1.11 bits per heavy atom. The van der Waals surface area contributed by atoms with Crippen molar-refractivity contribution in [1.29, 1.82) is 0 Å². The zero-order valence-electron chi connectivity index (χ0n) is 12.3. The predicted molar refractivity (Wildman–Crippen MR) is 77.8 cm³/mol. The minimum Gasteiger partial charge on any atom is -0.389 e. The summed E-state index contributed by atoms with van der Waals surface area (Å²) < 4.78 is 0. The van der Waals surface area contributed by atoms with Gasteiger partial charge in [-0.3, -0.25) is 4.79 Å². The fourth-order valence-corrected chi connectivity index (χ4v) is 2.24. The van der Waals surface area contributed by atoms with Crippen LogP contribution in [0.1, 0.15) is 90.4 Å². The number of hydrogen-bond acceptors (Lipinski definition) is 2. The lowest BCUT2D eigenvalue weighted by Crippen LogP contribution is -2.02. The zero-order valence-corrected chi connectivity index (χ0v) is 12.3. The number of rotatable bonds is 14. The van der Waals surface area contributed by atoms with Crippen molar-refractivity contribution in [2.45, 2.75) is 90.4 Å². The van der Waals surface area contributed by atoms with Gasteiger partial charge in [0.2, 0.25) is 0 Å². The second kappa shape index (κ2) is 14.7. The van der Waals surface area contributed by atoms with E-state index in [1.54, 1.807) is 0 Å². The van der Waals surface area contributed by atoms with Crippen LogP contribution in [0.25, 0.3) is 0 Å². The summed E-state index contributed by atoms with van der Waals surface area (Å²) in [5.74, 6) is -0.0120. The van der Waals surface area contributed by atoms with Gasteiger partial charge in [0.15, 0.2) is 5.78 Å². The van der Waals surface area contributed by atoms with E-state index in [0.717, 1.165) is 12.8 Å². The number of carbonyl (C=O) groups is 1. The Bertz CT molecular complexity index is 178. The van der Waals surface area contributed by atoms with Gasteiger partial charge in [-0.1, -0.05) is 77.6 Å². The Balaban J connectivity index is 2.97. The highest BCUT2D eigenvalue weighted by Gasteiger charge is 1.98. The molecule has 18 heavy (non-hydrogen) atoms. The van der Waals surface area contributed by atoms with Gasteiger partial charge >= 0.3 is 0 Å². The van der Waals surface area contributed by atoms with Gasteiger partial charge in [0.05, 0.1) is 0 Å². The molecule has 0 aliphatic heterocycles. The Kier molecular flexibility index (Phi) is 14.4. The highest BCUT2D eigenvalue weighted by Crippen LogP contribution is 2.12. The van der Waals surface area contributed by atoms with Crippen molar-refractivity contribution in [3.8, 4) is 0 Å². The molecular weight excluding hydrogens is 224 g/mol. The molecule has 1 N–H and O–H groups in total. The summed E-state index contributed by atoms with van der Waals surface area (Å²) >= 11 is 0. The van der Waals surface area contributed by atoms with E-state index in [1.165, 1.54) is 64.2 Å². The first kappa shape index (κ1) is 17.6. The van der Waals surface area contributed by atoms with Gasteiger partial charge < -0.3 is 5.11 Å². The quantitative estimate of drug-likeness (QED) is 0.460. The first-order valence-corrected chi connectivity index (χ1v) is 7.93. The molecule has 0 aliphatic carbocycles. The summed E-state index contributed by atoms with van der Waals surface area (Å²) in [6.07, 6.45) is 16.3. The Hall–Kier alpha value is -0.370. The molecule has 0 aromatic rings. The fourth-order valence-electron chi connectivity index (χ4n) is 2.24. The minimum absolute atomic E-state index is 0.0120. The number of Topliss-reactive ketones (excluding diaryl/α,β-unsaturated/α-hetero) is 1. The molecule has 2 heteroatoms. The normalized spacial score (nSPS) is 10.8. The van der Waals surface area contributed by atoms with E-state index < -0.39 is 0 Å². The van der Waals surface area contributed by atoms with Crippen LogP contribution in [0.2, 0.25) is 0 Å². The van der Waals surface area contributed by atoms with Crippen molar-refractivity contribution >= 4 is 5.78 Å². The van der Waals surface area contributed by atoms with Gasteiger partial charge in [0.25, 0.3) is 0 Å². The van der Waals surface area contributed by atoms with Crippen LogP contribution in [-0.2, 0) is 4.79 Å². The maximum Gasteiger partial charge on any atom is 0.158 e. The van der Waals surface area contributed by atoms with Crippen LogP contribution < -0.4 is 0 Å². The number of carbonyl (C=O) groups excluding carboxylic acids is 1. The highest BCUT2D eigenvalue weighted by atomic mass is 16.3. The van der Waals surface area contributed by atoms with Crippen molar-refractivity contribution in [3.05, 3.63) is 0 Å². The van der Waals surface area contributed by atoms with Gasteiger partial charge in [0, 0.05) is 6.42 Å². The van der Waals surface area contributed by atoms with E-state index in [0.29, 0.717) is 6.42 Å². The number of aliphatic hydroxyl groups is 1. The maximum absolute atomic E-state index is 10.8. The molecular formula is C16H32O2. The number of hydrogen-bond donors (Lipinski definition) is 1. The van der Waals surface area contributed by atoms with Crippen molar-refractivity contribution in [2.75, 3.05) is 6.61 Å². The zero-order chi connectivity index (χ0) is 13.5. The van der Waals surface area contributed by atoms with E-state index in [4.69, 9.17) is 5.11 Å². The molecule has 0 fully saturated rings. The molecule has 2 nitrogen and oxygen atoms in total. The monoisotopic (exact) mass is 256 g/mol. The summed E-state index contributed by atoms with van der Waals surface area (Å²) in [4.78, 5) is 10.8. The fraction of sp³-hybridized carbons (Fsp3) is 0.938. The average molecular weight is 256 g/mol. The first-order chi connectivity index (χ1) is 8.81. The third-order valence-corrected chi connectivity index (χ3v) is 3.49. The highest BCUT2D eigenvalue weighted by molar-refractivity contribution is 5.79. The number of ketones is 1. The average Bonchev–Trinajstić information content (AvgIpc) is 2.39. The molecule has 0 spiro atoms. The van der Waals surface area contributed by atoms with Crippen molar-refractivity contribution in [3.63, 3.8) is 0 Å². The molecule has 0 amide bonds. The van der Waals surface area contributed by atoms with Gasteiger partial charge in [-0.05, 0) is 6.42 Å². The largest absolute Gasteiger partial charge is 0.389 e. The molecule has 0 radical (unpaired) electrons. The maximum atomic E-state index is 10.8. The SMILES string of the molecule is CCCCCCCCCCCCCCC(=O)CO. The van der Waals surface area contributed by atoms with E-state index in [2.05, 4.69) is 6.92 Å². The van der Waals surface area contributed by atoms with Crippen LogP contribution >= 0.6 is 0 Å². The topological polar surface area (TPSA) is 37.3 Å². The molecule has 0 saturated heterocycles. The Morgan fingerprint density at radius 1 is 0.722 bits per heavy atom. The van der Waals surface area contributed by atoms with Gasteiger partial charge in [-0.2, -0.15) is 0 Å². The van der Waals surface area contributed by atoms with Crippen molar-refractivity contribution in [1.82, 2.24) is 0 Å². The molecule has 0 saturated carbocycles. The van der Waals surface area contributed by atoms with Crippen LogP contribution in [0.15, 0.2) is 0 Å². The number of unbranched alkanes of at least 4 members (excludes halogenated alkanes) is 11. The second-order valence-corrected chi connectivity index (χ2v) is 5.34. The molecule has 0 heterocycles. The molecule has 108 valence electrons. The van der Waals surface area contributed by atoms with Crippen molar-refractivity contribution < 1.29 is 9.90 Å². The van der Waals surface area contributed by atoms with Crippen LogP contribution in [0.3, 0.4) is 0 Å². The predicted octanol–water partition coefficient (Wildman–Crippen LogP) is 4.64. The van der Waals surface area contributed by atoms with E-state index >= 15 is 0 Å². The molecule has 0 rings (SSSR count). The molecule has 0 aromatic heterocycles. The van der Waals surface area contributed by atoms with Crippen LogP contribution in [0.5, 0.6) is 0 Å². The lowest BCUT2D eigenvalue weighted by molar-refractivity contribution is -0.121. The summed E-state index contributed by atoms with van der Waals surface area (Å²) in [6.45, 7) is 1.98.